The van der Waals surface area contributed by atoms with Gasteiger partial charge in [-0.15, -0.1) is 0 Å². The summed E-state index contributed by atoms with van der Waals surface area (Å²) in [6.07, 6.45) is 6.94. The lowest BCUT2D eigenvalue weighted by Crippen LogP contribution is -2.64. The number of piperidine rings is 2. The molecule has 2 N–H and O–H groups in total. The molecule has 3 fully saturated rings. The number of rotatable bonds is 2. The molecule has 0 bridgehead atoms. The average Bonchev–Trinajstić information content (AvgIpc) is 2.46. The van der Waals surface area contributed by atoms with Crippen molar-refractivity contribution in [3.63, 3.8) is 0 Å². The summed E-state index contributed by atoms with van der Waals surface area (Å²) in [6, 6.07) is 0.805. The number of likely N-dealkylation sites (tertiary alicyclic amines) is 2. The third-order valence-corrected chi connectivity index (χ3v) is 6.20. The van der Waals surface area contributed by atoms with Gasteiger partial charge in [0.15, 0.2) is 0 Å². The van der Waals surface area contributed by atoms with E-state index in [0.717, 1.165) is 31.3 Å². The van der Waals surface area contributed by atoms with Crippen LogP contribution in [0.4, 0.5) is 0 Å². The van der Waals surface area contributed by atoms with Crippen molar-refractivity contribution < 1.29 is 4.74 Å². The number of nitrogens with zero attached hydrogens (tertiary/aromatic N) is 2. The lowest BCUT2D eigenvalue weighted by Gasteiger charge is -2.55. The summed E-state index contributed by atoms with van der Waals surface area (Å²) < 4.78 is 5.97. The molecule has 3 heterocycles. The second-order valence-corrected chi connectivity index (χ2v) is 7.78. The van der Waals surface area contributed by atoms with Crippen molar-refractivity contribution in [3.8, 4) is 0 Å². The maximum atomic E-state index is 6.28. The SMILES string of the molecule is CC1CC(CN)(N2CCC3C(CCCN3C)C2)CC(C)O1. The fraction of sp³-hybridized carbons (Fsp3) is 1.00. The van der Waals surface area contributed by atoms with Crippen LogP contribution in [-0.4, -0.2) is 66.8 Å². The van der Waals surface area contributed by atoms with Crippen molar-refractivity contribution >= 4 is 0 Å². The van der Waals surface area contributed by atoms with Gasteiger partial charge in [-0.2, -0.15) is 0 Å². The highest BCUT2D eigenvalue weighted by Gasteiger charge is 2.46. The monoisotopic (exact) mass is 295 g/mol. The van der Waals surface area contributed by atoms with Gasteiger partial charge in [0.25, 0.3) is 0 Å². The van der Waals surface area contributed by atoms with E-state index in [0.29, 0.717) is 12.2 Å². The fourth-order valence-electron chi connectivity index (χ4n) is 5.28. The molecule has 3 saturated heterocycles. The molecule has 0 saturated carbocycles. The van der Waals surface area contributed by atoms with E-state index in [4.69, 9.17) is 10.5 Å². The molecule has 0 aromatic rings. The van der Waals surface area contributed by atoms with Gasteiger partial charge in [0.1, 0.15) is 0 Å². The first-order chi connectivity index (χ1) is 10.0. The Morgan fingerprint density at radius 1 is 1.14 bits per heavy atom. The molecular weight excluding hydrogens is 262 g/mol. The first-order valence-electron chi connectivity index (χ1n) is 8.85. The summed E-state index contributed by atoms with van der Waals surface area (Å²) in [5.41, 5.74) is 6.46. The Kier molecular flexibility index (Phi) is 4.60. The van der Waals surface area contributed by atoms with Crippen LogP contribution in [0.2, 0.25) is 0 Å². The zero-order valence-electron chi connectivity index (χ0n) is 14.1. The van der Waals surface area contributed by atoms with Gasteiger partial charge < -0.3 is 15.4 Å². The molecule has 21 heavy (non-hydrogen) atoms. The zero-order valence-corrected chi connectivity index (χ0v) is 14.1. The highest BCUT2D eigenvalue weighted by Crippen LogP contribution is 2.38. The Morgan fingerprint density at radius 2 is 1.86 bits per heavy atom. The Balaban J connectivity index is 1.73. The molecule has 4 heteroatoms. The number of nitrogens with two attached hydrogens (primary N) is 1. The number of ether oxygens (including phenoxy) is 1. The Bertz CT molecular complexity index is 352. The molecule has 4 unspecified atom stereocenters. The molecule has 0 aromatic heterocycles. The first kappa shape index (κ1) is 15.7. The predicted octanol–water partition coefficient (Wildman–Crippen LogP) is 1.69. The van der Waals surface area contributed by atoms with Gasteiger partial charge in [-0.3, -0.25) is 4.90 Å². The summed E-state index contributed by atoms with van der Waals surface area (Å²) in [5, 5.41) is 0. The van der Waals surface area contributed by atoms with Crippen LogP contribution >= 0.6 is 0 Å². The Hall–Kier alpha value is -0.160. The molecule has 0 aliphatic carbocycles. The second kappa shape index (κ2) is 6.15. The fourth-order valence-corrected chi connectivity index (χ4v) is 5.28. The third-order valence-electron chi connectivity index (χ3n) is 6.20. The summed E-state index contributed by atoms with van der Waals surface area (Å²) >= 11 is 0. The van der Waals surface area contributed by atoms with Crippen LogP contribution < -0.4 is 5.73 Å². The summed E-state index contributed by atoms with van der Waals surface area (Å²) in [5.74, 6) is 0.842. The van der Waals surface area contributed by atoms with Crippen LogP contribution in [0, 0.1) is 5.92 Å². The molecule has 3 aliphatic rings. The normalized spacial score (nSPS) is 46.3. The number of fused-ring (bicyclic) bond motifs is 1. The van der Waals surface area contributed by atoms with Crippen molar-refractivity contribution in [2.24, 2.45) is 11.7 Å². The lowest BCUT2D eigenvalue weighted by atomic mass is 9.77. The van der Waals surface area contributed by atoms with Crippen LogP contribution in [0.5, 0.6) is 0 Å². The molecule has 0 radical (unpaired) electrons. The minimum absolute atomic E-state index is 0.179. The van der Waals surface area contributed by atoms with Crippen molar-refractivity contribution in [1.29, 1.82) is 0 Å². The average molecular weight is 295 g/mol. The van der Waals surface area contributed by atoms with Gasteiger partial charge in [0, 0.05) is 31.2 Å². The molecule has 0 amide bonds. The van der Waals surface area contributed by atoms with E-state index in [1.165, 1.54) is 38.9 Å². The minimum atomic E-state index is 0.179. The van der Waals surface area contributed by atoms with Crippen molar-refractivity contribution in [3.05, 3.63) is 0 Å². The summed E-state index contributed by atoms with van der Waals surface area (Å²) in [6.45, 7) is 8.93. The van der Waals surface area contributed by atoms with E-state index in [9.17, 15) is 0 Å². The lowest BCUT2D eigenvalue weighted by molar-refractivity contribution is -0.118. The predicted molar refractivity (Wildman–Crippen MR) is 86.4 cm³/mol. The standard InChI is InChI=1S/C17H33N3O/c1-13-9-17(12-18,10-14(2)21-13)20-8-6-16-15(11-20)5-4-7-19(16)3/h13-16H,4-12,18H2,1-3H3. The van der Waals surface area contributed by atoms with E-state index >= 15 is 0 Å². The molecule has 0 spiro atoms. The van der Waals surface area contributed by atoms with Gasteiger partial charge in [-0.05, 0) is 65.5 Å². The van der Waals surface area contributed by atoms with Crippen molar-refractivity contribution in [1.82, 2.24) is 9.80 Å². The highest BCUT2D eigenvalue weighted by molar-refractivity contribution is 5.01. The summed E-state index contributed by atoms with van der Waals surface area (Å²) in [7, 11) is 2.31. The Morgan fingerprint density at radius 3 is 2.52 bits per heavy atom. The maximum Gasteiger partial charge on any atom is 0.0568 e. The topological polar surface area (TPSA) is 41.7 Å². The quantitative estimate of drug-likeness (QED) is 0.842. The van der Waals surface area contributed by atoms with E-state index in [1.54, 1.807) is 0 Å². The Labute approximate surface area is 130 Å². The molecule has 122 valence electrons. The van der Waals surface area contributed by atoms with Gasteiger partial charge in [0.05, 0.1) is 12.2 Å². The van der Waals surface area contributed by atoms with Crippen molar-refractivity contribution in [2.75, 3.05) is 33.2 Å². The largest absolute Gasteiger partial charge is 0.375 e. The van der Waals surface area contributed by atoms with Crippen LogP contribution in [0.3, 0.4) is 0 Å². The van der Waals surface area contributed by atoms with Gasteiger partial charge >= 0.3 is 0 Å². The first-order valence-corrected chi connectivity index (χ1v) is 8.85. The second-order valence-electron chi connectivity index (χ2n) is 7.78. The van der Waals surface area contributed by atoms with E-state index in [1.807, 2.05) is 0 Å². The smallest absolute Gasteiger partial charge is 0.0568 e. The van der Waals surface area contributed by atoms with Gasteiger partial charge in [0.2, 0.25) is 0 Å². The highest BCUT2D eigenvalue weighted by atomic mass is 16.5. The van der Waals surface area contributed by atoms with Gasteiger partial charge in [-0.25, -0.2) is 0 Å². The van der Waals surface area contributed by atoms with Crippen LogP contribution in [0.1, 0.15) is 46.0 Å². The molecule has 3 rings (SSSR count). The molecule has 0 aromatic carbocycles. The van der Waals surface area contributed by atoms with Crippen LogP contribution in [0.15, 0.2) is 0 Å². The number of hydrogen-bond acceptors (Lipinski definition) is 4. The van der Waals surface area contributed by atoms with Crippen molar-refractivity contribution in [2.45, 2.75) is 69.7 Å². The van der Waals surface area contributed by atoms with E-state index in [-0.39, 0.29) is 5.54 Å². The van der Waals surface area contributed by atoms with Crippen LogP contribution in [-0.2, 0) is 4.74 Å². The van der Waals surface area contributed by atoms with E-state index < -0.39 is 0 Å². The van der Waals surface area contributed by atoms with Gasteiger partial charge in [-0.1, -0.05) is 0 Å². The van der Waals surface area contributed by atoms with Crippen LogP contribution in [0.25, 0.3) is 0 Å². The molecule has 4 nitrogen and oxygen atoms in total. The minimum Gasteiger partial charge on any atom is -0.375 e. The maximum absolute atomic E-state index is 6.28. The third kappa shape index (κ3) is 3.00. The molecular formula is C17H33N3O. The molecule has 4 atom stereocenters. The molecule has 3 aliphatic heterocycles. The zero-order chi connectivity index (χ0) is 15.0. The summed E-state index contributed by atoms with van der Waals surface area (Å²) in [4.78, 5) is 5.33. The number of hydrogen-bond donors (Lipinski definition) is 1. The van der Waals surface area contributed by atoms with E-state index in [2.05, 4.69) is 30.7 Å².